The van der Waals surface area contributed by atoms with E-state index in [1.165, 1.54) is 12.1 Å². The van der Waals surface area contributed by atoms with E-state index in [1.54, 1.807) is 6.92 Å². The van der Waals surface area contributed by atoms with Crippen molar-refractivity contribution in [3.63, 3.8) is 0 Å². The molecular formula is C18H24F3NO3. The van der Waals surface area contributed by atoms with Gasteiger partial charge in [0, 0.05) is 6.54 Å². The summed E-state index contributed by atoms with van der Waals surface area (Å²) in [6.45, 7) is 4.01. The number of carboxylic acids is 1. The van der Waals surface area contributed by atoms with Crippen molar-refractivity contribution in [2.45, 2.75) is 51.5 Å². The first-order valence-corrected chi connectivity index (χ1v) is 8.48. The molecule has 0 aromatic heterocycles. The van der Waals surface area contributed by atoms with Gasteiger partial charge in [0.05, 0.1) is 24.3 Å². The highest BCUT2D eigenvalue weighted by molar-refractivity contribution is 5.68. The van der Waals surface area contributed by atoms with Crippen molar-refractivity contribution in [1.82, 2.24) is 5.32 Å². The summed E-state index contributed by atoms with van der Waals surface area (Å²) in [6.07, 6.45) is -2.58. The average molecular weight is 359 g/mol. The van der Waals surface area contributed by atoms with Gasteiger partial charge in [-0.15, -0.1) is 0 Å². The summed E-state index contributed by atoms with van der Waals surface area (Å²) < 4.78 is 45.3. The molecule has 0 spiro atoms. The molecule has 1 aliphatic rings. The molecule has 0 bridgehead atoms. The molecule has 1 fully saturated rings. The molecule has 1 heterocycles. The molecule has 1 aliphatic heterocycles. The van der Waals surface area contributed by atoms with Crippen LogP contribution in [0.25, 0.3) is 0 Å². The highest BCUT2D eigenvalue weighted by Crippen LogP contribution is 2.41. The molecule has 0 amide bonds. The molecule has 1 saturated heterocycles. The van der Waals surface area contributed by atoms with E-state index in [4.69, 9.17) is 9.84 Å². The van der Waals surface area contributed by atoms with Gasteiger partial charge < -0.3 is 15.2 Å². The number of aliphatic carboxylic acids is 1. The SMILES string of the molecule is CCC1CCC(CNCC(=O)O)OC1c1cc(C(F)(F)F)ccc1C. The molecule has 4 nitrogen and oxygen atoms in total. The van der Waals surface area contributed by atoms with Crippen LogP contribution in [-0.2, 0) is 15.7 Å². The number of carboxylic acid groups (broad SMARTS) is 1. The van der Waals surface area contributed by atoms with E-state index in [-0.39, 0.29) is 18.6 Å². The largest absolute Gasteiger partial charge is 0.480 e. The Labute approximate surface area is 145 Å². The normalized spacial score (nSPS) is 24.3. The third-order valence-electron chi connectivity index (χ3n) is 4.71. The third-order valence-corrected chi connectivity index (χ3v) is 4.71. The molecule has 25 heavy (non-hydrogen) atoms. The Bertz CT molecular complexity index is 604. The quantitative estimate of drug-likeness (QED) is 0.808. The fourth-order valence-electron chi connectivity index (χ4n) is 3.30. The summed E-state index contributed by atoms with van der Waals surface area (Å²) in [4.78, 5) is 10.6. The zero-order valence-corrected chi connectivity index (χ0v) is 14.4. The molecule has 1 aromatic carbocycles. The number of halogens is 3. The van der Waals surface area contributed by atoms with E-state index in [2.05, 4.69) is 5.32 Å². The zero-order valence-electron chi connectivity index (χ0n) is 14.4. The lowest BCUT2D eigenvalue weighted by Crippen LogP contribution is -2.38. The standard InChI is InChI=1S/C18H24F3NO3/c1-3-12-5-7-14(9-22-10-16(23)24)25-17(12)15-8-13(18(19,20)21)6-4-11(15)2/h4,6,8,12,14,17,22H,3,5,7,9-10H2,1-2H3,(H,23,24). The summed E-state index contributed by atoms with van der Waals surface area (Å²) in [7, 11) is 0. The number of hydrogen-bond donors (Lipinski definition) is 2. The minimum atomic E-state index is -4.39. The fourth-order valence-corrected chi connectivity index (χ4v) is 3.30. The van der Waals surface area contributed by atoms with Crippen LogP contribution in [0, 0.1) is 12.8 Å². The van der Waals surface area contributed by atoms with Crippen LogP contribution in [0.5, 0.6) is 0 Å². The lowest BCUT2D eigenvalue weighted by molar-refractivity contribution is -0.138. The molecule has 7 heteroatoms. The van der Waals surface area contributed by atoms with E-state index < -0.39 is 23.8 Å². The fraction of sp³-hybridized carbons (Fsp3) is 0.611. The maximum Gasteiger partial charge on any atom is 0.416 e. The monoisotopic (exact) mass is 359 g/mol. The predicted octanol–water partition coefficient (Wildman–Crippen LogP) is 3.93. The minimum absolute atomic E-state index is 0.151. The second-order valence-electron chi connectivity index (χ2n) is 6.52. The van der Waals surface area contributed by atoms with Gasteiger partial charge in [-0.2, -0.15) is 13.2 Å². The smallest absolute Gasteiger partial charge is 0.416 e. The van der Waals surface area contributed by atoms with Crippen LogP contribution in [0.4, 0.5) is 13.2 Å². The van der Waals surface area contributed by atoms with Gasteiger partial charge in [-0.3, -0.25) is 4.79 Å². The maximum absolute atomic E-state index is 13.1. The average Bonchev–Trinajstić information content (AvgIpc) is 2.53. The number of aryl methyl sites for hydroxylation is 1. The van der Waals surface area contributed by atoms with E-state index >= 15 is 0 Å². The number of benzene rings is 1. The van der Waals surface area contributed by atoms with Gasteiger partial charge in [0.15, 0.2) is 0 Å². The van der Waals surface area contributed by atoms with Crippen LogP contribution in [0.15, 0.2) is 18.2 Å². The Kier molecular flexibility index (Phi) is 6.46. The van der Waals surface area contributed by atoms with Crippen LogP contribution < -0.4 is 5.32 Å². The Morgan fingerprint density at radius 1 is 1.36 bits per heavy atom. The van der Waals surface area contributed by atoms with E-state index in [0.717, 1.165) is 30.9 Å². The molecule has 3 atom stereocenters. The number of nitrogens with one attached hydrogen (secondary N) is 1. The van der Waals surface area contributed by atoms with Gasteiger partial charge in [-0.1, -0.05) is 19.4 Å². The van der Waals surface area contributed by atoms with Crippen LogP contribution in [0.3, 0.4) is 0 Å². The second-order valence-corrected chi connectivity index (χ2v) is 6.52. The highest BCUT2D eigenvalue weighted by Gasteiger charge is 2.35. The molecule has 140 valence electrons. The summed E-state index contributed by atoms with van der Waals surface area (Å²) in [6, 6.07) is 3.77. The van der Waals surface area contributed by atoms with Crippen LogP contribution >= 0.6 is 0 Å². The molecular weight excluding hydrogens is 335 g/mol. The van der Waals surface area contributed by atoms with Gasteiger partial charge in [0.1, 0.15) is 0 Å². The van der Waals surface area contributed by atoms with Gasteiger partial charge in [-0.05, 0) is 48.9 Å². The molecule has 3 unspecified atom stereocenters. The lowest BCUT2D eigenvalue weighted by atomic mass is 9.83. The van der Waals surface area contributed by atoms with Crippen molar-refractivity contribution in [3.05, 3.63) is 34.9 Å². The van der Waals surface area contributed by atoms with Crippen molar-refractivity contribution < 1.29 is 27.8 Å². The third kappa shape index (κ3) is 5.19. The predicted molar refractivity (Wildman–Crippen MR) is 87.3 cm³/mol. The van der Waals surface area contributed by atoms with Gasteiger partial charge >= 0.3 is 12.1 Å². The van der Waals surface area contributed by atoms with E-state index in [0.29, 0.717) is 12.1 Å². The summed E-state index contributed by atoms with van der Waals surface area (Å²) in [5.41, 5.74) is 0.679. The molecule has 0 saturated carbocycles. The van der Waals surface area contributed by atoms with Crippen LogP contribution in [0.2, 0.25) is 0 Å². The molecule has 2 rings (SSSR count). The first-order chi connectivity index (χ1) is 11.7. The Hall–Kier alpha value is -1.60. The minimum Gasteiger partial charge on any atom is -0.480 e. The first kappa shape index (κ1) is 19.7. The van der Waals surface area contributed by atoms with Crippen molar-refractivity contribution in [2.75, 3.05) is 13.1 Å². The van der Waals surface area contributed by atoms with Crippen LogP contribution in [-0.4, -0.2) is 30.3 Å². The van der Waals surface area contributed by atoms with Crippen molar-refractivity contribution in [1.29, 1.82) is 0 Å². The Balaban J connectivity index is 2.19. The topological polar surface area (TPSA) is 58.6 Å². The van der Waals surface area contributed by atoms with Crippen molar-refractivity contribution in [3.8, 4) is 0 Å². The molecule has 0 aliphatic carbocycles. The number of alkyl halides is 3. The number of ether oxygens (including phenoxy) is 1. The zero-order chi connectivity index (χ0) is 18.6. The summed E-state index contributed by atoms with van der Waals surface area (Å²) in [5.74, 6) is -0.801. The summed E-state index contributed by atoms with van der Waals surface area (Å²) >= 11 is 0. The van der Waals surface area contributed by atoms with Crippen molar-refractivity contribution in [2.24, 2.45) is 5.92 Å². The van der Waals surface area contributed by atoms with Gasteiger partial charge in [-0.25, -0.2) is 0 Å². The lowest BCUT2D eigenvalue weighted by Gasteiger charge is -2.37. The van der Waals surface area contributed by atoms with Gasteiger partial charge in [0.25, 0.3) is 0 Å². The summed E-state index contributed by atoms with van der Waals surface area (Å²) in [5, 5.41) is 11.5. The molecule has 0 radical (unpaired) electrons. The first-order valence-electron chi connectivity index (χ1n) is 8.48. The molecule has 2 N–H and O–H groups in total. The van der Waals surface area contributed by atoms with E-state index in [1.807, 2.05) is 6.92 Å². The maximum atomic E-state index is 13.1. The number of rotatable bonds is 6. The highest BCUT2D eigenvalue weighted by atomic mass is 19.4. The van der Waals surface area contributed by atoms with E-state index in [9.17, 15) is 18.0 Å². The second kappa shape index (κ2) is 8.19. The van der Waals surface area contributed by atoms with Crippen molar-refractivity contribution >= 4 is 5.97 Å². The Morgan fingerprint density at radius 2 is 2.08 bits per heavy atom. The number of carbonyl (C=O) groups is 1. The Morgan fingerprint density at radius 3 is 2.68 bits per heavy atom. The number of hydrogen-bond acceptors (Lipinski definition) is 3. The van der Waals surface area contributed by atoms with Crippen LogP contribution in [0.1, 0.15) is 49.0 Å². The van der Waals surface area contributed by atoms with Gasteiger partial charge in [0.2, 0.25) is 0 Å². The molecule has 1 aromatic rings.